The maximum atomic E-state index is 12.5. The number of halogens is 2. The van der Waals surface area contributed by atoms with E-state index >= 15 is 0 Å². The predicted molar refractivity (Wildman–Crippen MR) is 80.6 cm³/mol. The van der Waals surface area contributed by atoms with Gasteiger partial charge in [-0.2, -0.15) is 0 Å². The van der Waals surface area contributed by atoms with Gasteiger partial charge in [0.2, 0.25) is 0 Å². The van der Waals surface area contributed by atoms with Crippen molar-refractivity contribution in [1.29, 1.82) is 0 Å². The Morgan fingerprint density at radius 2 is 1.75 bits per heavy atom. The molecule has 4 rings (SSSR count). The first-order valence-electron chi connectivity index (χ1n) is 6.09. The highest BCUT2D eigenvalue weighted by molar-refractivity contribution is 6.42. The summed E-state index contributed by atoms with van der Waals surface area (Å²) in [5, 5.41) is 1.79. The topological polar surface area (TPSA) is 30.0 Å². The van der Waals surface area contributed by atoms with Gasteiger partial charge in [0.05, 0.1) is 21.8 Å². The van der Waals surface area contributed by atoms with Crippen LogP contribution in [0, 0.1) is 0 Å². The van der Waals surface area contributed by atoms with Gasteiger partial charge in [0.15, 0.2) is 5.78 Å². The number of pyridine rings is 1. The lowest BCUT2D eigenvalue weighted by molar-refractivity contribution is 0.104. The molecule has 1 aliphatic carbocycles. The van der Waals surface area contributed by atoms with Gasteiger partial charge in [0.1, 0.15) is 0 Å². The zero-order chi connectivity index (χ0) is 13.9. The van der Waals surface area contributed by atoms with E-state index in [1.807, 2.05) is 30.3 Å². The SMILES string of the molecule is O=C1c2cc(Cl)ccc2-c2nc3ccccc3c(Cl)c21. The van der Waals surface area contributed by atoms with Crippen LogP contribution >= 0.6 is 23.2 Å². The fourth-order valence-corrected chi connectivity index (χ4v) is 3.13. The number of aromatic nitrogens is 1. The minimum absolute atomic E-state index is 0.110. The maximum absolute atomic E-state index is 12.5. The van der Waals surface area contributed by atoms with Crippen molar-refractivity contribution in [3.63, 3.8) is 0 Å². The van der Waals surface area contributed by atoms with E-state index in [-0.39, 0.29) is 5.78 Å². The molecule has 0 saturated carbocycles. The van der Waals surface area contributed by atoms with E-state index < -0.39 is 0 Å². The Morgan fingerprint density at radius 1 is 0.950 bits per heavy atom. The van der Waals surface area contributed by atoms with Crippen molar-refractivity contribution in [2.75, 3.05) is 0 Å². The van der Waals surface area contributed by atoms with Gasteiger partial charge in [0, 0.05) is 21.5 Å². The first-order chi connectivity index (χ1) is 9.66. The molecule has 96 valence electrons. The van der Waals surface area contributed by atoms with E-state index in [0.29, 0.717) is 26.9 Å². The normalized spacial score (nSPS) is 12.6. The van der Waals surface area contributed by atoms with Gasteiger partial charge in [-0.15, -0.1) is 0 Å². The lowest BCUT2D eigenvalue weighted by Crippen LogP contribution is -1.97. The van der Waals surface area contributed by atoms with E-state index in [1.54, 1.807) is 12.1 Å². The standard InChI is InChI=1S/C16H7Cl2NO/c17-8-5-6-9-11(7-8)16(20)13-14(18)10-3-1-2-4-12(10)19-15(9)13/h1-7H. The molecule has 0 radical (unpaired) electrons. The second kappa shape index (κ2) is 4.05. The van der Waals surface area contributed by atoms with Crippen LogP contribution in [-0.2, 0) is 0 Å². The van der Waals surface area contributed by atoms with Crippen LogP contribution in [0.4, 0.5) is 0 Å². The first-order valence-corrected chi connectivity index (χ1v) is 6.85. The van der Waals surface area contributed by atoms with Crippen molar-refractivity contribution < 1.29 is 4.79 Å². The monoisotopic (exact) mass is 299 g/mol. The van der Waals surface area contributed by atoms with Crippen LogP contribution in [0.1, 0.15) is 15.9 Å². The van der Waals surface area contributed by atoms with E-state index in [4.69, 9.17) is 23.2 Å². The van der Waals surface area contributed by atoms with Crippen LogP contribution in [0.25, 0.3) is 22.2 Å². The van der Waals surface area contributed by atoms with Crippen LogP contribution in [0.3, 0.4) is 0 Å². The molecule has 1 aromatic heterocycles. The van der Waals surface area contributed by atoms with Crippen LogP contribution < -0.4 is 0 Å². The predicted octanol–water partition coefficient (Wildman–Crippen LogP) is 4.75. The lowest BCUT2D eigenvalue weighted by Gasteiger charge is -2.05. The van der Waals surface area contributed by atoms with Gasteiger partial charge in [-0.3, -0.25) is 4.79 Å². The van der Waals surface area contributed by atoms with Crippen molar-refractivity contribution in [3.8, 4) is 11.3 Å². The molecule has 1 aliphatic rings. The number of hydrogen-bond acceptors (Lipinski definition) is 2. The van der Waals surface area contributed by atoms with Gasteiger partial charge in [-0.1, -0.05) is 47.5 Å². The highest BCUT2D eigenvalue weighted by Crippen LogP contribution is 2.42. The first kappa shape index (κ1) is 11.9. The Morgan fingerprint density at radius 3 is 2.60 bits per heavy atom. The molecule has 0 saturated heterocycles. The van der Waals surface area contributed by atoms with E-state index in [1.165, 1.54) is 0 Å². The quantitative estimate of drug-likeness (QED) is 0.469. The molecular formula is C16H7Cl2NO. The summed E-state index contributed by atoms with van der Waals surface area (Å²) in [6.45, 7) is 0. The Labute approximate surface area is 125 Å². The van der Waals surface area contributed by atoms with Crippen molar-refractivity contribution in [1.82, 2.24) is 4.98 Å². The molecule has 20 heavy (non-hydrogen) atoms. The Kier molecular flexibility index (Phi) is 2.40. The van der Waals surface area contributed by atoms with Gasteiger partial charge in [0.25, 0.3) is 0 Å². The summed E-state index contributed by atoms with van der Waals surface area (Å²) >= 11 is 12.4. The van der Waals surface area contributed by atoms with Crippen molar-refractivity contribution in [2.45, 2.75) is 0 Å². The van der Waals surface area contributed by atoms with Crippen molar-refractivity contribution >= 4 is 39.9 Å². The Balaban J connectivity index is 2.16. The zero-order valence-electron chi connectivity index (χ0n) is 10.2. The molecule has 0 spiro atoms. The average molecular weight is 300 g/mol. The summed E-state index contributed by atoms with van der Waals surface area (Å²) in [4.78, 5) is 17.1. The molecule has 0 unspecified atom stereocenters. The van der Waals surface area contributed by atoms with Crippen molar-refractivity contribution in [2.24, 2.45) is 0 Å². The summed E-state index contributed by atoms with van der Waals surface area (Å²) in [7, 11) is 0. The number of nitrogens with zero attached hydrogens (tertiary/aromatic N) is 1. The average Bonchev–Trinajstić information content (AvgIpc) is 2.72. The fourth-order valence-electron chi connectivity index (χ4n) is 2.62. The maximum Gasteiger partial charge on any atom is 0.197 e. The third-order valence-electron chi connectivity index (χ3n) is 3.54. The molecule has 0 N–H and O–H groups in total. The molecule has 4 heteroatoms. The number of para-hydroxylation sites is 1. The fraction of sp³-hybridized carbons (Fsp3) is 0. The van der Waals surface area contributed by atoms with Gasteiger partial charge < -0.3 is 0 Å². The summed E-state index contributed by atoms with van der Waals surface area (Å²) in [6.07, 6.45) is 0. The van der Waals surface area contributed by atoms with Crippen molar-refractivity contribution in [3.05, 3.63) is 63.6 Å². The highest BCUT2D eigenvalue weighted by atomic mass is 35.5. The molecule has 1 heterocycles. The van der Waals surface area contributed by atoms with Crippen LogP contribution in [-0.4, -0.2) is 10.8 Å². The minimum atomic E-state index is -0.110. The largest absolute Gasteiger partial charge is 0.288 e. The molecular weight excluding hydrogens is 293 g/mol. The number of benzene rings is 2. The van der Waals surface area contributed by atoms with E-state index in [0.717, 1.165) is 16.5 Å². The van der Waals surface area contributed by atoms with Crippen LogP contribution in [0.2, 0.25) is 10.0 Å². The number of hydrogen-bond donors (Lipinski definition) is 0. The summed E-state index contributed by atoms with van der Waals surface area (Å²) < 4.78 is 0. The van der Waals surface area contributed by atoms with Gasteiger partial charge in [-0.05, 0) is 18.2 Å². The molecule has 3 aromatic rings. The third-order valence-corrected chi connectivity index (χ3v) is 4.17. The summed E-state index contributed by atoms with van der Waals surface area (Å²) in [5.41, 5.74) is 3.26. The Hall–Kier alpha value is -1.90. The smallest absolute Gasteiger partial charge is 0.197 e. The zero-order valence-corrected chi connectivity index (χ0v) is 11.7. The molecule has 2 aromatic carbocycles. The van der Waals surface area contributed by atoms with E-state index in [2.05, 4.69) is 4.98 Å². The summed E-state index contributed by atoms with van der Waals surface area (Å²) in [5.74, 6) is -0.110. The minimum Gasteiger partial charge on any atom is -0.288 e. The highest BCUT2D eigenvalue weighted by Gasteiger charge is 2.31. The van der Waals surface area contributed by atoms with E-state index in [9.17, 15) is 4.79 Å². The second-order valence-corrected chi connectivity index (χ2v) is 5.50. The molecule has 0 amide bonds. The number of carbonyl (C=O) groups excluding carboxylic acids is 1. The number of ketones is 1. The molecule has 0 aliphatic heterocycles. The number of carbonyl (C=O) groups is 1. The van der Waals surface area contributed by atoms with Gasteiger partial charge >= 0.3 is 0 Å². The molecule has 0 fully saturated rings. The Bertz CT molecular complexity index is 902. The van der Waals surface area contributed by atoms with Crippen LogP contribution in [0.5, 0.6) is 0 Å². The number of fused-ring (bicyclic) bond motifs is 4. The summed E-state index contributed by atoms with van der Waals surface area (Å²) in [6, 6.07) is 12.8. The molecule has 2 nitrogen and oxygen atoms in total. The van der Waals surface area contributed by atoms with Crippen LogP contribution in [0.15, 0.2) is 42.5 Å². The van der Waals surface area contributed by atoms with Gasteiger partial charge in [-0.25, -0.2) is 4.98 Å². The second-order valence-electron chi connectivity index (χ2n) is 4.69. The lowest BCUT2D eigenvalue weighted by atomic mass is 10.1. The molecule has 0 bridgehead atoms. The number of rotatable bonds is 0. The third kappa shape index (κ3) is 1.46. The molecule has 0 atom stereocenters.